The summed E-state index contributed by atoms with van der Waals surface area (Å²) < 4.78 is 23.3. The van der Waals surface area contributed by atoms with E-state index in [0.29, 0.717) is 55.3 Å². The SMILES string of the molecule is CCCSc1nc(NCCOCC)c2cnn(CCNC(=O)/C=C\c3cc(OC)c(OC)c(OC)c3)c2n1. The van der Waals surface area contributed by atoms with Gasteiger partial charge in [-0.05, 0) is 37.1 Å². The zero-order valence-corrected chi connectivity index (χ0v) is 23.4. The average molecular weight is 545 g/mol. The van der Waals surface area contributed by atoms with Crippen LogP contribution in [0.15, 0.2) is 29.6 Å². The standard InChI is InChI=1S/C26H36N6O5S/c1-6-14-38-26-30-24(28-11-13-37-7-2)19-17-29-32(25(19)31-26)12-10-27-22(33)9-8-18-15-20(34-3)23(36-5)21(16-18)35-4/h8-9,15-17H,6-7,10-14H2,1-5H3,(H,27,33)(H,28,30,31)/b9-8-. The normalized spacial score (nSPS) is 11.2. The van der Waals surface area contributed by atoms with Gasteiger partial charge in [0.15, 0.2) is 22.3 Å². The number of fused-ring (bicyclic) bond motifs is 1. The van der Waals surface area contributed by atoms with Gasteiger partial charge in [-0.15, -0.1) is 0 Å². The van der Waals surface area contributed by atoms with Crippen molar-refractivity contribution in [3.63, 3.8) is 0 Å². The van der Waals surface area contributed by atoms with Crippen LogP contribution >= 0.6 is 11.8 Å². The third kappa shape index (κ3) is 7.75. The Balaban J connectivity index is 1.66. The second-order valence-electron chi connectivity index (χ2n) is 8.01. The number of benzene rings is 1. The van der Waals surface area contributed by atoms with Crippen LogP contribution in [0.1, 0.15) is 25.8 Å². The number of anilines is 1. The van der Waals surface area contributed by atoms with Crippen molar-refractivity contribution in [2.75, 3.05) is 58.7 Å². The van der Waals surface area contributed by atoms with Crippen LogP contribution in [0.5, 0.6) is 17.2 Å². The fraction of sp³-hybridized carbons (Fsp3) is 0.462. The summed E-state index contributed by atoms with van der Waals surface area (Å²) in [6.07, 6.45) is 5.92. The molecule has 0 radical (unpaired) electrons. The zero-order chi connectivity index (χ0) is 27.3. The maximum Gasteiger partial charge on any atom is 0.244 e. The zero-order valence-electron chi connectivity index (χ0n) is 22.6. The lowest BCUT2D eigenvalue weighted by atomic mass is 10.1. The van der Waals surface area contributed by atoms with Crippen molar-refractivity contribution in [3.05, 3.63) is 30.0 Å². The fourth-order valence-electron chi connectivity index (χ4n) is 3.59. The predicted molar refractivity (Wildman–Crippen MR) is 149 cm³/mol. The molecule has 206 valence electrons. The molecule has 0 atom stereocenters. The highest BCUT2D eigenvalue weighted by atomic mass is 32.2. The van der Waals surface area contributed by atoms with Gasteiger partial charge in [0.25, 0.3) is 0 Å². The summed E-state index contributed by atoms with van der Waals surface area (Å²) in [6, 6.07) is 3.55. The molecular formula is C26H36N6O5S. The van der Waals surface area contributed by atoms with E-state index >= 15 is 0 Å². The van der Waals surface area contributed by atoms with Crippen LogP contribution in [0, 0.1) is 0 Å². The summed E-state index contributed by atoms with van der Waals surface area (Å²) in [6.45, 7) is 6.81. The highest BCUT2D eigenvalue weighted by Gasteiger charge is 2.14. The van der Waals surface area contributed by atoms with E-state index in [1.54, 1.807) is 62.2 Å². The van der Waals surface area contributed by atoms with Crippen LogP contribution in [-0.4, -0.2) is 79.0 Å². The molecule has 38 heavy (non-hydrogen) atoms. The van der Waals surface area contributed by atoms with E-state index < -0.39 is 0 Å². The van der Waals surface area contributed by atoms with E-state index in [-0.39, 0.29) is 5.91 Å². The summed E-state index contributed by atoms with van der Waals surface area (Å²) in [5.41, 5.74) is 1.46. The number of carbonyl (C=O) groups is 1. The van der Waals surface area contributed by atoms with E-state index in [1.807, 2.05) is 6.92 Å². The molecule has 0 bridgehead atoms. The minimum absolute atomic E-state index is 0.234. The molecule has 2 heterocycles. The molecule has 11 nitrogen and oxygen atoms in total. The number of nitrogens with one attached hydrogen (secondary N) is 2. The highest BCUT2D eigenvalue weighted by Crippen LogP contribution is 2.38. The van der Waals surface area contributed by atoms with E-state index in [2.05, 4.69) is 27.6 Å². The largest absolute Gasteiger partial charge is 0.493 e. The lowest BCUT2D eigenvalue weighted by Gasteiger charge is -2.12. The molecule has 0 saturated heterocycles. The van der Waals surface area contributed by atoms with Crippen LogP contribution in [0.25, 0.3) is 17.1 Å². The van der Waals surface area contributed by atoms with Crippen molar-refractivity contribution in [1.82, 2.24) is 25.1 Å². The minimum Gasteiger partial charge on any atom is -0.493 e. The number of carbonyl (C=O) groups excluding carboxylic acids is 1. The van der Waals surface area contributed by atoms with E-state index in [4.69, 9.17) is 23.9 Å². The Bertz CT molecular complexity index is 1210. The van der Waals surface area contributed by atoms with Crippen LogP contribution in [0.4, 0.5) is 5.82 Å². The maximum atomic E-state index is 12.5. The molecule has 0 aliphatic carbocycles. The summed E-state index contributed by atoms with van der Waals surface area (Å²) in [7, 11) is 4.64. The smallest absolute Gasteiger partial charge is 0.244 e. The number of hydrogen-bond donors (Lipinski definition) is 2. The van der Waals surface area contributed by atoms with Gasteiger partial charge in [-0.25, -0.2) is 14.6 Å². The molecule has 2 N–H and O–H groups in total. The number of nitrogens with zero attached hydrogens (tertiary/aromatic N) is 4. The summed E-state index contributed by atoms with van der Waals surface area (Å²) in [5, 5.41) is 12.2. The number of ether oxygens (including phenoxy) is 4. The Hall–Kier alpha value is -3.51. The molecule has 2 aromatic heterocycles. The molecule has 0 fully saturated rings. The summed E-state index contributed by atoms with van der Waals surface area (Å²) in [4.78, 5) is 21.9. The lowest BCUT2D eigenvalue weighted by Crippen LogP contribution is -2.25. The van der Waals surface area contributed by atoms with Crippen LogP contribution in [-0.2, 0) is 16.1 Å². The lowest BCUT2D eigenvalue weighted by molar-refractivity contribution is -0.116. The van der Waals surface area contributed by atoms with Gasteiger partial charge in [0.05, 0.1) is 46.1 Å². The third-order valence-corrected chi connectivity index (χ3v) is 6.44. The second kappa shape index (κ2) is 15.0. The van der Waals surface area contributed by atoms with Gasteiger partial charge in [0.1, 0.15) is 5.82 Å². The van der Waals surface area contributed by atoms with Crippen molar-refractivity contribution in [2.24, 2.45) is 0 Å². The Morgan fingerprint density at radius 1 is 1.08 bits per heavy atom. The first kappa shape index (κ1) is 29.1. The Morgan fingerprint density at radius 3 is 2.50 bits per heavy atom. The number of hydrogen-bond acceptors (Lipinski definition) is 10. The molecule has 12 heteroatoms. The summed E-state index contributed by atoms with van der Waals surface area (Å²) >= 11 is 1.61. The molecule has 3 rings (SSSR count). The van der Waals surface area contributed by atoms with Gasteiger partial charge in [0, 0.05) is 31.5 Å². The number of methoxy groups -OCH3 is 3. The molecule has 1 aromatic carbocycles. The van der Waals surface area contributed by atoms with Crippen LogP contribution in [0.3, 0.4) is 0 Å². The minimum atomic E-state index is -0.234. The Labute approximate surface area is 227 Å². The Morgan fingerprint density at radius 2 is 1.84 bits per heavy atom. The first-order valence-electron chi connectivity index (χ1n) is 12.5. The Kier molecular flexibility index (Phi) is 11.5. The molecule has 0 aliphatic heterocycles. The first-order valence-corrected chi connectivity index (χ1v) is 13.5. The summed E-state index contributed by atoms with van der Waals surface area (Å²) in [5.74, 6) is 2.95. The van der Waals surface area contributed by atoms with E-state index in [0.717, 1.165) is 34.6 Å². The van der Waals surface area contributed by atoms with Crippen molar-refractivity contribution in [3.8, 4) is 17.2 Å². The fourth-order valence-corrected chi connectivity index (χ4v) is 4.28. The molecule has 1 amide bonds. The van der Waals surface area contributed by atoms with Crippen molar-refractivity contribution < 1.29 is 23.7 Å². The van der Waals surface area contributed by atoms with Gasteiger partial charge in [-0.1, -0.05) is 18.7 Å². The van der Waals surface area contributed by atoms with E-state index in [9.17, 15) is 4.79 Å². The van der Waals surface area contributed by atoms with Crippen LogP contribution in [0.2, 0.25) is 0 Å². The average Bonchev–Trinajstić information content (AvgIpc) is 3.35. The topological polar surface area (TPSA) is 122 Å². The molecular weight excluding hydrogens is 508 g/mol. The van der Waals surface area contributed by atoms with Crippen molar-refractivity contribution >= 4 is 40.6 Å². The first-order chi connectivity index (χ1) is 18.5. The predicted octanol–water partition coefficient (Wildman–Crippen LogP) is 3.63. The van der Waals surface area contributed by atoms with Crippen LogP contribution < -0.4 is 24.8 Å². The van der Waals surface area contributed by atoms with Crippen molar-refractivity contribution in [2.45, 2.75) is 32.0 Å². The third-order valence-electron chi connectivity index (χ3n) is 5.39. The maximum absolute atomic E-state index is 12.5. The van der Waals surface area contributed by atoms with Gasteiger partial charge in [-0.2, -0.15) is 5.10 Å². The molecule has 0 spiro atoms. The van der Waals surface area contributed by atoms with E-state index in [1.165, 1.54) is 6.08 Å². The molecule has 3 aromatic rings. The highest BCUT2D eigenvalue weighted by molar-refractivity contribution is 7.99. The van der Waals surface area contributed by atoms with Gasteiger partial charge in [-0.3, -0.25) is 4.79 Å². The molecule has 0 aliphatic rings. The number of rotatable bonds is 16. The monoisotopic (exact) mass is 544 g/mol. The van der Waals surface area contributed by atoms with Gasteiger partial charge in [0.2, 0.25) is 11.7 Å². The molecule has 0 unspecified atom stereocenters. The number of aromatic nitrogens is 4. The van der Waals surface area contributed by atoms with Gasteiger partial charge < -0.3 is 29.6 Å². The number of thioether (sulfide) groups is 1. The van der Waals surface area contributed by atoms with Crippen molar-refractivity contribution in [1.29, 1.82) is 0 Å². The molecule has 0 saturated carbocycles. The van der Waals surface area contributed by atoms with Gasteiger partial charge >= 0.3 is 0 Å². The quantitative estimate of drug-likeness (QED) is 0.120. The number of amides is 1. The second-order valence-corrected chi connectivity index (χ2v) is 9.08.